The lowest BCUT2D eigenvalue weighted by atomic mass is 9.97. The molecule has 76 valence electrons. The van der Waals surface area contributed by atoms with Gasteiger partial charge in [0.05, 0.1) is 0 Å². The molecule has 1 fully saturated rings. The summed E-state index contributed by atoms with van der Waals surface area (Å²) in [5.74, 6) is -1.10. The van der Waals surface area contributed by atoms with E-state index in [2.05, 4.69) is 0 Å². The van der Waals surface area contributed by atoms with E-state index in [9.17, 15) is 9.69 Å². The van der Waals surface area contributed by atoms with E-state index in [1.54, 1.807) is 0 Å². The van der Waals surface area contributed by atoms with E-state index in [1.165, 1.54) is 0 Å². The molecule has 0 radical (unpaired) electrons. The summed E-state index contributed by atoms with van der Waals surface area (Å²) in [6, 6.07) is 0. The van der Waals surface area contributed by atoms with Gasteiger partial charge in [-0.15, -0.1) is 0 Å². The first-order valence-electron chi connectivity index (χ1n) is 3.95. The lowest BCUT2D eigenvalue weighted by molar-refractivity contribution is -0.134. The number of rotatable bonds is 2. The molecule has 0 aliphatic carbocycles. The van der Waals surface area contributed by atoms with Gasteiger partial charge in [-0.2, -0.15) is 13.9 Å². The van der Waals surface area contributed by atoms with Crippen LogP contribution in [0.5, 0.6) is 0 Å². The molecule has 0 unspecified atom stereocenters. The SMILES string of the molecule is CC1(C)CO[P+](O)(CC(=O)O)OC1. The molecule has 0 bridgehead atoms. The molecule has 6 heteroatoms. The second-order valence-electron chi connectivity index (χ2n) is 3.90. The van der Waals surface area contributed by atoms with E-state index >= 15 is 0 Å². The minimum absolute atomic E-state index is 0.148. The summed E-state index contributed by atoms with van der Waals surface area (Å²) in [6.45, 7) is 4.53. The van der Waals surface area contributed by atoms with E-state index in [4.69, 9.17) is 14.2 Å². The Morgan fingerprint density at radius 3 is 2.31 bits per heavy atom. The van der Waals surface area contributed by atoms with Crippen LogP contribution < -0.4 is 0 Å². The van der Waals surface area contributed by atoms with Gasteiger partial charge in [-0.1, -0.05) is 13.8 Å². The molecule has 2 N–H and O–H groups in total. The van der Waals surface area contributed by atoms with Crippen LogP contribution in [0.4, 0.5) is 0 Å². The average molecular weight is 209 g/mol. The maximum Gasteiger partial charge on any atom is 0.420 e. The Bertz CT molecular complexity index is 205. The normalized spacial score (nSPS) is 25.5. The molecule has 0 aromatic carbocycles. The van der Waals surface area contributed by atoms with Gasteiger partial charge in [0.25, 0.3) is 0 Å². The largest absolute Gasteiger partial charge is 0.478 e. The van der Waals surface area contributed by atoms with Crippen LogP contribution in [0.3, 0.4) is 0 Å². The molecule has 5 nitrogen and oxygen atoms in total. The third-order valence-corrected chi connectivity index (χ3v) is 3.38. The summed E-state index contributed by atoms with van der Waals surface area (Å²) in [7, 11) is -3.10. The molecule has 0 amide bonds. The van der Waals surface area contributed by atoms with Crippen LogP contribution in [0, 0.1) is 5.41 Å². The van der Waals surface area contributed by atoms with Crippen LogP contribution >= 0.6 is 7.94 Å². The van der Waals surface area contributed by atoms with E-state index in [1.807, 2.05) is 13.8 Å². The molecule has 0 aromatic heterocycles. The maximum atomic E-state index is 10.3. The standard InChI is InChI=1S/C7H13O5P/c1-7(2)4-11-13(10,12-5-7)3-6(8)9/h10H,3-5H2,1-2H3/p+1. The van der Waals surface area contributed by atoms with Crippen molar-refractivity contribution in [3.05, 3.63) is 0 Å². The molecule has 0 atom stereocenters. The molecule has 13 heavy (non-hydrogen) atoms. The van der Waals surface area contributed by atoms with Crippen LogP contribution in [0.25, 0.3) is 0 Å². The molecule has 1 rings (SSSR count). The average Bonchev–Trinajstić information content (AvgIpc) is 1.95. The van der Waals surface area contributed by atoms with E-state index in [0.29, 0.717) is 13.2 Å². The summed E-state index contributed by atoms with van der Waals surface area (Å²) in [4.78, 5) is 19.9. The van der Waals surface area contributed by atoms with Crippen molar-refractivity contribution in [1.82, 2.24) is 0 Å². The first-order chi connectivity index (χ1) is 5.83. The van der Waals surface area contributed by atoms with E-state index in [-0.39, 0.29) is 5.41 Å². The van der Waals surface area contributed by atoms with E-state index < -0.39 is 20.1 Å². The topological polar surface area (TPSA) is 76.0 Å². The lowest BCUT2D eigenvalue weighted by Crippen LogP contribution is -2.33. The highest BCUT2D eigenvalue weighted by atomic mass is 31.2. The fourth-order valence-corrected chi connectivity index (χ4v) is 2.59. The van der Waals surface area contributed by atoms with Gasteiger partial charge in [0.1, 0.15) is 13.2 Å². The summed E-state index contributed by atoms with van der Waals surface area (Å²) < 4.78 is 10.1. The highest BCUT2D eigenvalue weighted by Crippen LogP contribution is 2.60. The Balaban J connectivity index is 2.51. The zero-order valence-electron chi connectivity index (χ0n) is 7.69. The molecule has 0 saturated carbocycles. The third-order valence-electron chi connectivity index (χ3n) is 1.65. The second kappa shape index (κ2) is 3.50. The zero-order chi connectivity index (χ0) is 10.1. The molecule has 1 heterocycles. The predicted molar refractivity (Wildman–Crippen MR) is 47.3 cm³/mol. The van der Waals surface area contributed by atoms with Crippen molar-refractivity contribution in [2.24, 2.45) is 5.41 Å². The Morgan fingerprint density at radius 1 is 1.46 bits per heavy atom. The fourth-order valence-electron chi connectivity index (χ4n) is 0.892. The summed E-state index contributed by atoms with van der Waals surface area (Å²) in [5, 5.41) is 8.47. The quantitative estimate of drug-likeness (QED) is 0.661. The molecule has 1 aliphatic rings. The number of carboxylic acid groups (broad SMARTS) is 1. The Hall–Kier alpha value is -0.220. The Kier molecular flexibility index (Phi) is 2.92. The van der Waals surface area contributed by atoms with Crippen molar-refractivity contribution < 1.29 is 23.8 Å². The highest BCUT2D eigenvalue weighted by molar-refractivity contribution is 7.61. The van der Waals surface area contributed by atoms with Gasteiger partial charge in [0.15, 0.2) is 0 Å². The number of hydrogen-bond donors (Lipinski definition) is 2. The number of aliphatic carboxylic acids is 1. The first-order valence-corrected chi connectivity index (χ1v) is 5.71. The minimum atomic E-state index is -3.10. The Labute approximate surface area is 77.2 Å². The van der Waals surface area contributed by atoms with Gasteiger partial charge in [0, 0.05) is 5.41 Å². The van der Waals surface area contributed by atoms with Crippen LogP contribution in [-0.4, -0.2) is 35.3 Å². The number of hydrogen-bond acceptors (Lipinski definition) is 4. The van der Waals surface area contributed by atoms with Crippen LogP contribution in [-0.2, 0) is 13.8 Å². The van der Waals surface area contributed by atoms with Crippen LogP contribution in [0.1, 0.15) is 13.8 Å². The van der Waals surface area contributed by atoms with Crippen molar-refractivity contribution in [1.29, 1.82) is 0 Å². The van der Waals surface area contributed by atoms with Crippen LogP contribution in [0.2, 0.25) is 0 Å². The van der Waals surface area contributed by atoms with Gasteiger partial charge >= 0.3 is 13.9 Å². The molecule has 0 spiro atoms. The lowest BCUT2D eigenvalue weighted by Gasteiger charge is -2.30. The number of carbonyl (C=O) groups is 1. The van der Waals surface area contributed by atoms with Gasteiger partial charge < -0.3 is 5.11 Å². The summed E-state index contributed by atoms with van der Waals surface area (Å²) in [6.07, 6.45) is -0.441. The van der Waals surface area contributed by atoms with E-state index in [0.717, 1.165) is 0 Å². The second-order valence-corrected chi connectivity index (χ2v) is 6.01. The molecule has 1 aliphatic heterocycles. The van der Waals surface area contributed by atoms with Gasteiger partial charge in [0.2, 0.25) is 6.16 Å². The predicted octanol–water partition coefficient (Wildman–Crippen LogP) is 0.899. The zero-order valence-corrected chi connectivity index (χ0v) is 8.58. The van der Waals surface area contributed by atoms with Crippen molar-refractivity contribution in [3.63, 3.8) is 0 Å². The Morgan fingerprint density at radius 2 is 1.92 bits per heavy atom. The summed E-state index contributed by atoms with van der Waals surface area (Å²) >= 11 is 0. The first kappa shape index (κ1) is 10.9. The fraction of sp³-hybridized carbons (Fsp3) is 0.857. The number of carboxylic acids is 1. The van der Waals surface area contributed by atoms with Gasteiger partial charge in [-0.25, -0.2) is 4.79 Å². The minimum Gasteiger partial charge on any atom is -0.478 e. The molecular formula is C7H14O5P+. The van der Waals surface area contributed by atoms with Crippen LogP contribution in [0.15, 0.2) is 0 Å². The third kappa shape index (κ3) is 3.19. The van der Waals surface area contributed by atoms with Crippen molar-refractivity contribution in [3.8, 4) is 0 Å². The monoisotopic (exact) mass is 209 g/mol. The highest BCUT2D eigenvalue weighted by Gasteiger charge is 2.50. The van der Waals surface area contributed by atoms with Gasteiger partial charge in [-0.05, 0) is 0 Å². The van der Waals surface area contributed by atoms with Crippen molar-refractivity contribution in [2.75, 3.05) is 19.4 Å². The smallest absolute Gasteiger partial charge is 0.420 e. The maximum absolute atomic E-state index is 10.3. The van der Waals surface area contributed by atoms with Gasteiger partial charge in [-0.3, -0.25) is 0 Å². The molecular weight excluding hydrogens is 195 g/mol. The van der Waals surface area contributed by atoms with Crippen molar-refractivity contribution >= 4 is 13.9 Å². The molecule has 1 saturated heterocycles. The summed E-state index contributed by atoms with van der Waals surface area (Å²) in [5.41, 5.74) is -0.148. The van der Waals surface area contributed by atoms with Crippen molar-refractivity contribution in [2.45, 2.75) is 13.8 Å². The molecule has 0 aromatic rings.